The minimum absolute atomic E-state index is 0.0203. The lowest BCUT2D eigenvalue weighted by Gasteiger charge is -2.46. The van der Waals surface area contributed by atoms with Crippen molar-refractivity contribution in [2.24, 2.45) is 11.8 Å². The van der Waals surface area contributed by atoms with Gasteiger partial charge in [-0.15, -0.1) is 0 Å². The van der Waals surface area contributed by atoms with Crippen LogP contribution in [-0.4, -0.2) is 55.2 Å². The number of hydrogen-bond acceptors (Lipinski definition) is 7. The molecule has 4 rings (SSSR count). The molecule has 0 saturated carbocycles. The summed E-state index contributed by atoms with van der Waals surface area (Å²) in [6, 6.07) is 3.40. The van der Waals surface area contributed by atoms with Gasteiger partial charge in [-0.25, -0.2) is 0 Å². The third kappa shape index (κ3) is 3.70. The molecule has 0 spiro atoms. The molecule has 0 amide bonds. The lowest BCUT2D eigenvalue weighted by atomic mass is 9.74. The maximum atomic E-state index is 11.5. The van der Waals surface area contributed by atoms with E-state index < -0.39 is 4.92 Å². The Balaban J connectivity index is 1.76. The van der Waals surface area contributed by atoms with Gasteiger partial charge in [0, 0.05) is 30.4 Å². The van der Waals surface area contributed by atoms with E-state index in [1.54, 1.807) is 19.4 Å². The maximum absolute atomic E-state index is 11.5. The molecule has 9 heteroatoms. The van der Waals surface area contributed by atoms with Gasteiger partial charge in [-0.3, -0.25) is 19.8 Å². The van der Waals surface area contributed by atoms with Crippen molar-refractivity contribution in [2.45, 2.75) is 32.2 Å². The number of benzene rings is 1. The smallest absolute Gasteiger partial charge is 0.311 e. The van der Waals surface area contributed by atoms with Gasteiger partial charge in [-0.05, 0) is 36.3 Å². The first-order valence-corrected chi connectivity index (χ1v) is 10.9. The molecule has 9 nitrogen and oxygen atoms in total. The first-order chi connectivity index (χ1) is 15.5. The summed E-state index contributed by atoms with van der Waals surface area (Å²) in [5.74, 6) is 0.941. The van der Waals surface area contributed by atoms with Gasteiger partial charge in [0.25, 0.3) is 6.47 Å². The van der Waals surface area contributed by atoms with Crippen LogP contribution in [0.4, 0.5) is 5.69 Å². The van der Waals surface area contributed by atoms with Crippen LogP contribution in [0.1, 0.15) is 37.1 Å². The van der Waals surface area contributed by atoms with E-state index in [0.29, 0.717) is 18.1 Å². The Kier molecular flexibility index (Phi) is 6.36. The van der Waals surface area contributed by atoms with Gasteiger partial charge in [0.15, 0.2) is 0 Å². The largest absolute Gasteiger partial charge is 0.504 e. The molecule has 1 aromatic carbocycles. The molecule has 2 aromatic rings. The fourth-order valence-electron chi connectivity index (χ4n) is 5.54. The number of ether oxygens (including phenoxy) is 3. The van der Waals surface area contributed by atoms with Gasteiger partial charge in [0.1, 0.15) is 6.61 Å². The van der Waals surface area contributed by atoms with Gasteiger partial charge >= 0.3 is 5.69 Å². The lowest BCUT2D eigenvalue weighted by molar-refractivity contribution is -0.385. The summed E-state index contributed by atoms with van der Waals surface area (Å²) < 4.78 is 15.9. The Morgan fingerprint density at radius 1 is 1.38 bits per heavy atom. The van der Waals surface area contributed by atoms with Crippen LogP contribution in [0.3, 0.4) is 0 Å². The third-order valence-electron chi connectivity index (χ3n) is 6.96. The molecular weight excluding hydrogens is 414 g/mol. The van der Waals surface area contributed by atoms with E-state index in [4.69, 9.17) is 14.2 Å². The molecular formula is C23H29N3O6. The monoisotopic (exact) mass is 443 g/mol. The summed E-state index contributed by atoms with van der Waals surface area (Å²) in [5, 5.41) is 12.3. The minimum Gasteiger partial charge on any atom is -0.504 e. The Bertz CT molecular complexity index is 1050. The molecule has 32 heavy (non-hydrogen) atoms. The zero-order valence-corrected chi connectivity index (χ0v) is 18.6. The highest BCUT2D eigenvalue weighted by Gasteiger charge is 2.41. The summed E-state index contributed by atoms with van der Waals surface area (Å²) in [4.78, 5) is 28.0. The number of hydrogen-bond donors (Lipinski definition) is 1. The Morgan fingerprint density at radius 3 is 2.84 bits per heavy atom. The van der Waals surface area contributed by atoms with Crippen LogP contribution < -0.4 is 4.74 Å². The highest BCUT2D eigenvalue weighted by molar-refractivity contribution is 5.94. The number of carbonyl (C=O) groups is 1. The molecule has 3 heterocycles. The van der Waals surface area contributed by atoms with Crippen molar-refractivity contribution in [2.75, 3.05) is 33.9 Å². The number of H-pyrrole nitrogens is 1. The molecule has 0 radical (unpaired) electrons. The third-order valence-corrected chi connectivity index (χ3v) is 6.96. The van der Waals surface area contributed by atoms with Crippen molar-refractivity contribution < 1.29 is 23.9 Å². The molecule has 1 saturated heterocycles. The number of nitrogens with zero attached hydrogens (tertiary/aromatic N) is 2. The number of nitro benzene ring substituents is 1. The van der Waals surface area contributed by atoms with Crippen LogP contribution in [0.2, 0.25) is 0 Å². The molecule has 0 bridgehead atoms. The van der Waals surface area contributed by atoms with Crippen LogP contribution >= 0.6 is 0 Å². The minimum atomic E-state index is -0.399. The number of nitrogens with one attached hydrogen (secondary N) is 1. The molecule has 1 N–H and O–H groups in total. The van der Waals surface area contributed by atoms with Gasteiger partial charge in [-0.2, -0.15) is 0 Å². The molecule has 2 aliphatic rings. The number of aromatic amines is 1. The predicted octanol–water partition coefficient (Wildman–Crippen LogP) is 3.73. The number of piperidine rings is 1. The average molecular weight is 444 g/mol. The summed E-state index contributed by atoms with van der Waals surface area (Å²) in [6.45, 7) is 4.68. The molecule has 1 fully saturated rings. The van der Waals surface area contributed by atoms with Crippen LogP contribution in [0.5, 0.6) is 5.75 Å². The summed E-state index contributed by atoms with van der Waals surface area (Å²) in [7, 11) is 3.08. The zero-order chi connectivity index (χ0) is 22.8. The number of aromatic nitrogens is 1. The summed E-state index contributed by atoms with van der Waals surface area (Å²) in [5.41, 5.74) is 4.00. The van der Waals surface area contributed by atoms with E-state index in [9.17, 15) is 14.9 Å². The van der Waals surface area contributed by atoms with Crippen molar-refractivity contribution in [1.29, 1.82) is 0 Å². The lowest BCUT2D eigenvalue weighted by Crippen LogP contribution is -2.46. The van der Waals surface area contributed by atoms with Crippen molar-refractivity contribution in [3.63, 3.8) is 0 Å². The van der Waals surface area contributed by atoms with E-state index in [0.717, 1.165) is 60.1 Å². The fourth-order valence-corrected chi connectivity index (χ4v) is 5.54. The first kappa shape index (κ1) is 22.1. The van der Waals surface area contributed by atoms with Crippen LogP contribution in [0.25, 0.3) is 10.9 Å². The van der Waals surface area contributed by atoms with Crippen molar-refractivity contribution in [1.82, 2.24) is 9.88 Å². The van der Waals surface area contributed by atoms with Gasteiger partial charge < -0.3 is 19.2 Å². The topological polar surface area (TPSA) is 107 Å². The molecule has 0 aliphatic carbocycles. The molecule has 0 unspecified atom stereocenters. The first-order valence-electron chi connectivity index (χ1n) is 10.9. The van der Waals surface area contributed by atoms with Crippen molar-refractivity contribution >= 4 is 23.1 Å². The molecule has 2 aliphatic heterocycles. The van der Waals surface area contributed by atoms with Crippen LogP contribution in [-0.2, 0) is 20.7 Å². The van der Waals surface area contributed by atoms with Gasteiger partial charge in [-0.1, -0.05) is 13.3 Å². The molecule has 172 valence electrons. The summed E-state index contributed by atoms with van der Waals surface area (Å²) >= 11 is 0. The predicted molar refractivity (Wildman–Crippen MR) is 119 cm³/mol. The van der Waals surface area contributed by atoms with E-state index in [1.807, 2.05) is 0 Å². The summed E-state index contributed by atoms with van der Waals surface area (Å²) in [6.07, 6.45) is 4.36. The van der Waals surface area contributed by atoms with Crippen LogP contribution in [0, 0.1) is 22.0 Å². The number of carbonyl (C=O) groups excluding carboxylic acids is 1. The second-order valence-corrected chi connectivity index (χ2v) is 8.42. The SMILES string of the molecule is CC[C@@H]1CN2CCc3c([nH]c4ccc([N+](=O)[O-])c(OC)c34)[C@@H]2C[C@@H]1/C(=C\OC)COC=O. The number of rotatable bonds is 8. The number of fused-ring (bicyclic) bond motifs is 5. The Labute approximate surface area is 186 Å². The number of nitro groups is 1. The highest BCUT2D eigenvalue weighted by Crippen LogP contribution is 2.48. The Hall–Kier alpha value is -3.07. The zero-order valence-electron chi connectivity index (χ0n) is 18.6. The quantitative estimate of drug-likeness (QED) is 0.287. The average Bonchev–Trinajstić information content (AvgIpc) is 3.19. The van der Waals surface area contributed by atoms with E-state index in [-0.39, 0.29) is 24.3 Å². The highest BCUT2D eigenvalue weighted by atomic mass is 16.6. The standard InChI is InChI=1S/C23H29N3O6/c1-4-14-10-25-8-7-16-21-18(5-6-19(26(28)29)23(21)31-3)24-22(16)20(25)9-17(14)15(11-30-2)12-32-13-27/h5-6,11,13-14,17,20,24H,4,7-10,12H2,1-3H3/b15-11-/t14-,17+,20+/m1/s1. The van der Waals surface area contributed by atoms with Gasteiger partial charge in [0.2, 0.25) is 5.75 Å². The number of methoxy groups -OCH3 is 2. The van der Waals surface area contributed by atoms with Gasteiger partial charge in [0.05, 0.1) is 42.3 Å². The second-order valence-electron chi connectivity index (χ2n) is 8.42. The van der Waals surface area contributed by atoms with Crippen molar-refractivity contribution in [3.8, 4) is 5.75 Å². The molecule has 1 aromatic heterocycles. The van der Waals surface area contributed by atoms with Crippen molar-refractivity contribution in [3.05, 3.63) is 45.3 Å². The second kappa shape index (κ2) is 9.20. The van der Waals surface area contributed by atoms with E-state index in [1.165, 1.54) is 13.2 Å². The maximum Gasteiger partial charge on any atom is 0.311 e. The normalized spacial score (nSPS) is 23.3. The molecule has 3 atom stereocenters. The Morgan fingerprint density at radius 2 is 2.19 bits per heavy atom. The van der Waals surface area contributed by atoms with E-state index >= 15 is 0 Å². The fraction of sp³-hybridized carbons (Fsp3) is 0.522. The van der Waals surface area contributed by atoms with E-state index in [2.05, 4.69) is 16.8 Å². The van der Waals surface area contributed by atoms with Crippen LogP contribution in [0.15, 0.2) is 24.0 Å².